The van der Waals surface area contributed by atoms with E-state index in [0.717, 1.165) is 23.9 Å². The van der Waals surface area contributed by atoms with Crippen LogP contribution in [0.5, 0.6) is 0 Å². The quantitative estimate of drug-likeness (QED) is 0.847. The smallest absolute Gasteiger partial charge is 0.278 e. The monoisotopic (exact) mass is 330 g/mol. The van der Waals surface area contributed by atoms with Crippen LogP contribution in [0.15, 0.2) is 29.1 Å². The van der Waals surface area contributed by atoms with Gasteiger partial charge in [0.2, 0.25) is 5.91 Å². The van der Waals surface area contributed by atoms with E-state index in [1.165, 1.54) is 0 Å². The molecule has 6 heteroatoms. The van der Waals surface area contributed by atoms with E-state index >= 15 is 0 Å². The molecule has 2 aromatic rings. The molecule has 6 nitrogen and oxygen atoms in total. The van der Waals surface area contributed by atoms with Gasteiger partial charge >= 0.3 is 0 Å². The van der Waals surface area contributed by atoms with E-state index in [4.69, 9.17) is 0 Å². The zero-order chi connectivity index (χ0) is 17.7. The van der Waals surface area contributed by atoms with Gasteiger partial charge in [0.1, 0.15) is 11.6 Å². The van der Waals surface area contributed by atoms with E-state index in [1.807, 2.05) is 6.92 Å². The number of fused-ring (bicyclic) bond motifs is 1. The third kappa shape index (κ3) is 4.40. The minimum absolute atomic E-state index is 0.0721. The van der Waals surface area contributed by atoms with Gasteiger partial charge in [-0.2, -0.15) is 4.68 Å². The second kappa shape index (κ2) is 8.04. The summed E-state index contributed by atoms with van der Waals surface area (Å²) in [5.74, 6) is 0.456. The summed E-state index contributed by atoms with van der Waals surface area (Å²) in [4.78, 5) is 24.9. The maximum atomic E-state index is 12.5. The Labute approximate surface area is 142 Å². The predicted molar refractivity (Wildman–Crippen MR) is 94.8 cm³/mol. The topological polar surface area (TPSA) is 76.9 Å². The molecule has 0 aliphatic heterocycles. The van der Waals surface area contributed by atoms with Gasteiger partial charge in [-0.1, -0.05) is 44.0 Å². The number of hydrogen-bond acceptors (Lipinski definition) is 4. The summed E-state index contributed by atoms with van der Waals surface area (Å²) in [7, 11) is 0. The predicted octanol–water partition coefficient (Wildman–Crippen LogP) is 2.68. The second-order valence-electron chi connectivity index (χ2n) is 6.77. The van der Waals surface area contributed by atoms with Crippen molar-refractivity contribution in [1.29, 1.82) is 0 Å². The van der Waals surface area contributed by atoms with Crippen LogP contribution in [0.25, 0.3) is 10.9 Å². The number of nitrogens with zero attached hydrogens (tertiary/aromatic N) is 3. The van der Waals surface area contributed by atoms with Crippen LogP contribution in [0.3, 0.4) is 0 Å². The van der Waals surface area contributed by atoms with Crippen LogP contribution in [-0.4, -0.2) is 26.9 Å². The van der Waals surface area contributed by atoms with Crippen molar-refractivity contribution in [2.24, 2.45) is 5.92 Å². The molecule has 0 saturated heterocycles. The van der Waals surface area contributed by atoms with Crippen LogP contribution < -0.4 is 10.9 Å². The van der Waals surface area contributed by atoms with Crippen molar-refractivity contribution in [3.63, 3.8) is 0 Å². The minimum atomic E-state index is -0.692. The number of nitrogens with one attached hydrogen (secondary N) is 1. The van der Waals surface area contributed by atoms with Gasteiger partial charge in [-0.15, -0.1) is 5.10 Å². The van der Waals surface area contributed by atoms with Crippen molar-refractivity contribution in [3.8, 4) is 0 Å². The zero-order valence-corrected chi connectivity index (χ0v) is 14.8. The number of carbonyl (C=O) groups is 1. The first kappa shape index (κ1) is 18.1. The molecule has 0 bridgehead atoms. The van der Waals surface area contributed by atoms with E-state index in [0.29, 0.717) is 16.8 Å². The summed E-state index contributed by atoms with van der Waals surface area (Å²) in [6.07, 6.45) is 3.14. The summed E-state index contributed by atoms with van der Waals surface area (Å²) in [5, 5.41) is 11.4. The highest BCUT2D eigenvalue weighted by Gasteiger charge is 2.20. The van der Waals surface area contributed by atoms with Crippen LogP contribution in [0.4, 0.5) is 0 Å². The van der Waals surface area contributed by atoms with Crippen molar-refractivity contribution in [2.45, 2.75) is 59.0 Å². The Morgan fingerprint density at radius 1 is 1.17 bits per heavy atom. The number of aromatic nitrogens is 3. The Kier molecular flexibility index (Phi) is 6.06. The lowest BCUT2D eigenvalue weighted by Gasteiger charge is -2.18. The van der Waals surface area contributed by atoms with Crippen LogP contribution in [0.1, 0.15) is 53.0 Å². The number of hydrogen-bond donors (Lipinski definition) is 1. The fourth-order valence-electron chi connectivity index (χ4n) is 2.63. The zero-order valence-electron chi connectivity index (χ0n) is 14.8. The molecule has 0 aliphatic rings. The highest BCUT2D eigenvalue weighted by atomic mass is 16.2. The molecule has 0 aliphatic carbocycles. The fourth-order valence-corrected chi connectivity index (χ4v) is 2.63. The normalized spacial score (nSPS) is 13.9. The maximum absolute atomic E-state index is 12.5. The lowest BCUT2D eigenvalue weighted by Crippen LogP contribution is -2.41. The Morgan fingerprint density at radius 2 is 1.88 bits per heavy atom. The summed E-state index contributed by atoms with van der Waals surface area (Å²) >= 11 is 0. The largest absolute Gasteiger partial charge is 0.352 e. The highest BCUT2D eigenvalue weighted by molar-refractivity contribution is 5.81. The Bertz CT molecular complexity index is 754. The number of amides is 1. The molecule has 2 atom stereocenters. The van der Waals surface area contributed by atoms with E-state index in [1.54, 1.807) is 31.2 Å². The lowest BCUT2D eigenvalue weighted by molar-refractivity contribution is -0.124. The van der Waals surface area contributed by atoms with Gasteiger partial charge in [0.05, 0.1) is 5.39 Å². The van der Waals surface area contributed by atoms with Crippen LogP contribution in [0, 0.1) is 5.92 Å². The molecule has 1 aromatic carbocycles. The van der Waals surface area contributed by atoms with Crippen LogP contribution in [0.2, 0.25) is 0 Å². The third-order valence-electron chi connectivity index (χ3n) is 4.14. The molecule has 130 valence electrons. The first-order chi connectivity index (χ1) is 11.4. The summed E-state index contributed by atoms with van der Waals surface area (Å²) < 4.78 is 1.15. The standard InChI is InChI=1S/C18H26N4O2/c1-12(2)8-7-9-13(3)19-17(23)14(4)22-18(24)15-10-5-6-11-16(15)20-21-22/h5-6,10-14H,7-9H2,1-4H3,(H,19,23)/t13-,14+/m0/s1. The van der Waals surface area contributed by atoms with Gasteiger partial charge in [0.15, 0.2) is 0 Å². The van der Waals surface area contributed by atoms with Crippen molar-refractivity contribution in [1.82, 2.24) is 20.3 Å². The van der Waals surface area contributed by atoms with E-state index in [9.17, 15) is 9.59 Å². The SMILES string of the molecule is CC(C)CCC[C@H](C)NC(=O)[C@@H](C)n1nnc2ccccc2c1=O. The molecule has 1 amide bonds. The lowest BCUT2D eigenvalue weighted by atomic mass is 10.0. The van der Waals surface area contributed by atoms with Crippen LogP contribution in [-0.2, 0) is 4.79 Å². The molecule has 1 N–H and O–H groups in total. The minimum Gasteiger partial charge on any atom is -0.352 e. The summed E-state index contributed by atoms with van der Waals surface area (Å²) in [6.45, 7) is 8.03. The number of rotatable bonds is 7. The molecule has 0 unspecified atom stereocenters. The molecular weight excluding hydrogens is 304 g/mol. The van der Waals surface area contributed by atoms with Crippen molar-refractivity contribution >= 4 is 16.8 Å². The second-order valence-corrected chi connectivity index (χ2v) is 6.77. The third-order valence-corrected chi connectivity index (χ3v) is 4.14. The van der Waals surface area contributed by atoms with E-state index in [-0.39, 0.29) is 17.5 Å². The van der Waals surface area contributed by atoms with E-state index in [2.05, 4.69) is 29.5 Å². The molecule has 24 heavy (non-hydrogen) atoms. The van der Waals surface area contributed by atoms with Gasteiger partial charge in [0.25, 0.3) is 5.56 Å². The molecule has 1 aromatic heterocycles. The fraction of sp³-hybridized carbons (Fsp3) is 0.556. The van der Waals surface area contributed by atoms with Gasteiger partial charge in [-0.3, -0.25) is 9.59 Å². The van der Waals surface area contributed by atoms with Gasteiger partial charge in [0, 0.05) is 6.04 Å². The number of benzene rings is 1. The molecule has 0 fully saturated rings. The molecule has 1 heterocycles. The molecule has 2 rings (SSSR count). The Hall–Kier alpha value is -2.24. The van der Waals surface area contributed by atoms with Crippen molar-refractivity contribution in [3.05, 3.63) is 34.6 Å². The van der Waals surface area contributed by atoms with Gasteiger partial charge < -0.3 is 5.32 Å². The molecule has 0 spiro atoms. The average Bonchev–Trinajstić information content (AvgIpc) is 2.54. The first-order valence-electron chi connectivity index (χ1n) is 8.54. The summed E-state index contributed by atoms with van der Waals surface area (Å²) in [6, 6.07) is 6.38. The molecule has 0 radical (unpaired) electrons. The Morgan fingerprint density at radius 3 is 2.58 bits per heavy atom. The highest BCUT2D eigenvalue weighted by Crippen LogP contribution is 2.10. The van der Waals surface area contributed by atoms with Crippen molar-refractivity contribution in [2.75, 3.05) is 0 Å². The van der Waals surface area contributed by atoms with Gasteiger partial charge in [-0.05, 0) is 38.3 Å². The van der Waals surface area contributed by atoms with Crippen LogP contribution >= 0.6 is 0 Å². The van der Waals surface area contributed by atoms with Crippen molar-refractivity contribution < 1.29 is 4.79 Å². The molecule has 0 saturated carbocycles. The summed E-state index contributed by atoms with van der Waals surface area (Å²) in [5.41, 5.74) is 0.240. The average molecular weight is 330 g/mol. The Balaban J connectivity index is 2.05. The van der Waals surface area contributed by atoms with E-state index < -0.39 is 6.04 Å². The van der Waals surface area contributed by atoms with Gasteiger partial charge in [-0.25, -0.2) is 0 Å². The number of carbonyl (C=O) groups excluding carboxylic acids is 1. The maximum Gasteiger partial charge on any atom is 0.278 e. The molecular formula is C18H26N4O2. The first-order valence-corrected chi connectivity index (χ1v) is 8.54.